The van der Waals surface area contributed by atoms with Gasteiger partial charge >= 0.3 is 0 Å². The van der Waals surface area contributed by atoms with E-state index in [9.17, 15) is 0 Å². The first-order valence-electron chi connectivity index (χ1n) is 6.54. The molecule has 0 bridgehead atoms. The number of nitrogens with one attached hydrogen (secondary N) is 2. The predicted molar refractivity (Wildman–Crippen MR) is 92.7 cm³/mol. The molecule has 2 aromatic carbocycles. The van der Waals surface area contributed by atoms with Crippen LogP contribution in [0.3, 0.4) is 0 Å². The number of amidine groups is 2. The lowest BCUT2D eigenvalue weighted by molar-refractivity contribution is 1.42. The first-order valence-corrected chi connectivity index (χ1v) is 6.54. The van der Waals surface area contributed by atoms with Gasteiger partial charge in [0.25, 0.3) is 0 Å². The summed E-state index contributed by atoms with van der Waals surface area (Å²) in [6, 6.07) is 10.6. The van der Waals surface area contributed by atoms with E-state index in [1.807, 2.05) is 24.3 Å². The summed E-state index contributed by atoms with van der Waals surface area (Å²) in [7, 11) is 0. The second kappa shape index (κ2) is 6.01. The molecule has 2 rings (SSSR count). The zero-order chi connectivity index (χ0) is 16.3. The van der Waals surface area contributed by atoms with E-state index in [1.165, 1.54) is 0 Å². The Bertz CT molecular complexity index is 711. The Morgan fingerprint density at radius 3 is 1.36 bits per heavy atom. The molecule has 6 heteroatoms. The molecule has 0 saturated heterocycles. The largest absolute Gasteiger partial charge is 0.398 e. The fourth-order valence-corrected chi connectivity index (χ4v) is 2.05. The summed E-state index contributed by atoms with van der Waals surface area (Å²) in [5.74, 6) is -0.110. The van der Waals surface area contributed by atoms with Crippen LogP contribution in [-0.2, 0) is 0 Å². The molecule has 0 aromatic heterocycles. The molecular formula is C16H18N6. The van der Waals surface area contributed by atoms with Gasteiger partial charge in [0.15, 0.2) is 0 Å². The molecule has 0 unspecified atom stereocenters. The van der Waals surface area contributed by atoms with Crippen LogP contribution >= 0.6 is 0 Å². The van der Waals surface area contributed by atoms with Crippen LogP contribution < -0.4 is 22.9 Å². The Balaban J connectivity index is 2.25. The van der Waals surface area contributed by atoms with E-state index in [2.05, 4.69) is 0 Å². The van der Waals surface area contributed by atoms with Crippen LogP contribution in [0.4, 0.5) is 11.4 Å². The molecule has 0 saturated carbocycles. The van der Waals surface area contributed by atoms with Crippen molar-refractivity contribution in [2.75, 3.05) is 11.5 Å². The number of nitrogens with two attached hydrogens (primary N) is 4. The third kappa shape index (κ3) is 3.24. The molecule has 0 atom stereocenters. The first kappa shape index (κ1) is 15.1. The fraction of sp³-hybridized carbons (Fsp3) is 0. The van der Waals surface area contributed by atoms with Crippen molar-refractivity contribution in [3.8, 4) is 0 Å². The highest BCUT2D eigenvalue weighted by molar-refractivity contribution is 6.01. The minimum Gasteiger partial charge on any atom is -0.398 e. The van der Waals surface area contributed by atoms with Gasteiger partial charge in [-0.25, -0.2) is 0 Å². The van der Waals surface area contributed by atoms with Crippen molar-refractivity contribution in [1.29, 1.82) is 10.8 Å². The van der Waals surface area contributed by atoms with Crippen LogP contribution in [0.1, 0.15) is 22.3 Å². The molecule has 0 heterocycles. The molecule has 0 spiro atoms. The maximum atomic E-state index is 7.40. The van der Waals surface area contributed by atoms with Crippen LogP contribution in [-0.4, -0.2) is 11.7 Å². The smallest absolute Gasteiger partial charge is 0.124 e. The zero-order valence-corrected chi connectivity index (χ0v) is 11.9. The van der Waals surface area contributed by atoms with E-state index in [4.69, 9.17) is 33.8 Å². The van der Waals surface area contributed by atoms with E-state index in [0.717, 1.165) is 11.1 Å². The van der Waals surface area contributed by atoms with Gasteiger partial charge in [-0.15, -0.1) is 0 Å². The average molecular weight is 294 g/mol. The molecular weight excluding hydrogens is 276 g/mol. The fourth-order valence-electron chi connectivity index (χ4n) is 2.05. The first-order chi connectivity index (χ1) is 10.4. The second-order valence-electron chi connectivity index (χ2n) is 4.85. The normalized spacial score (nSPS) is 10.7. The summed E-state index contributed by atoms with van der Waals surface area (Å²) in [5, 5.41) is 14.8. The molecule has 0 aliphatic heterocycles. The number of hydrogen-bond acceptors (Lipinski definition) is 4. The van der Waals surface area contributed by atoms with Gasteiger partial charge in [0.1, 0.15) is 11.7 Å². The number of rotatable bonds is 4. The van der Waals surface area contributed by atoms with Crippen LogP contribution in [0.25, 0.3) is 12.2 Å². The molecule has 0 fully saturated rings. The molecule has 10 N–H and O–H groups in total. The van der Waals surface area contributed by atoms with Crippen LogP contribution in [0.15, 0.2) is 36.4 Å². The van der Waals surface area contributed by atoms with Gasteiger partial charge in [0.05, 0.1) is 0 Å². The Morgan fingerprint density at radius 1 is 0.727 bits per heavy atom. The number of hydrogen-bond donors (Lipinski definition) is 6. The van der Waals surface area contributed by atoms with Crippen molar-refractivity contribution in [1.82, 2.24) is 0 Å². The summed E-state index contributed by atoms with van der Waals surface area (Å²) < 4.78 is 0. The van der Waals surface area contributed by atoms with Crippen LogP contribution in [0.5, 0.6) is 0 Å². The van der Waals surface area contributed by atoms with Crippen molar-refractivity contribution in [3.05, 3.63) is 58.7 Å². The SMILES string of the molecule is N=C(N)c1ccc(C=Cc2ccc(C(=N)N)c(N)c2)cc1N. The van der Waals surface area contributed by atoms with Gasteiger partial charge in [-0.2, -0.15) is 0 Å². The Hall–Kier alpha value is -3.28. The van der Waals surface area contributed by atoms with Crippen molar-refractivity contribution in [3.63, 3.8) is 0 Å². The number of anilines is 2. The second-order valence-corrected chi connectivity index (χ2v) is 4.85. The van der Waals surface area contributed by atoms with Crippen molar-refractivity contribution >= 4 is 35.2 Å². The van der Waals surface area contributed by atoms with Crippen molar-refractivity contribution < 1.29 is 0 Å². The van der Waals surface area contributed by atoms with Crippen LogP contribution in [0, 0.1) is 10.8 Å². The number of nitrogen functional groups attached to an aromatic ring is 4. The van der Waals surface area contributed by atoms with Crippen molar-refractivity contribution in [2.45, 2.75) is 0 Å². The summed E-state index contributed by atoms with van der Waals surface area (Å²) >= 11 is 0. The van der Waals surface area contributed by atoms with Crippen LogP contribution in [0.2, 0.25) is 0 Å². The van der Waals surface area contributed by atoms with E-state index < -0.39 is 0 Å². The van der Waals surface area contributed by atoms with E-state index in [-0.39, 0.29) is 11.7 Å². The van der Waals surface area contributed by atoms with Gasteiger partial charge in [-0.1, -0.05) is 24.3 Å². The summed E-state index contributed by atoms with van der Waals surface area (Å²) in [4.78, 5) is 0. The van der Waals surface area contributed by atoms with Gasteiger partial charge in [0, 0.05) is 22.5 Å². The minimum absolute atomic E-state index is 0.0550. The standard InChI is InChI=1S/C16H18N6/c17-13-7-9(3-5-11(13)15(19)20)1-2-10-4-6-12(16(21)22)14(18)8-10/h1-8H,17-18H2,(H3,19,20)(H3,21,22). The summed E-state index contributed by atoms with van der Waals surface area (Å²) in [6.45, 7) is 0. The third-order valence-corrected chi connectivity index (χ3v) is 3.20. The number of benzene rings is 2. The van der Waals surface area contributed by atoms with Crippen molar-refractivity contribution in [2.24, 2.45) is 11.5 Å². The maximum absolute atomic E-state index is 7.40. The Kier molecular flexibility index (Phi) is 4.13. The molecule has 0 aliphatic carbocycles. The molecule has 0 radical (unpaired) electrons. The quantitative estimate of drug-likeness (QED) is 0.219. The van der Waals surface area contributed by atoms with E-state index in [0.29, 0.717) is 22.5 Å². The van der Waals surface area contributed by atoms with Gasteiger partial charge in [-0.3, -0.25) is 10.8 Å². The molecule has 22 heavy (non-hydrogen) atoms. The highest BCUT2D eigenvalue weighted by Crippen LogP contribution is 2.18. The lowest BCUT2D eigenvalue weighted by Crippen LogP contribution is -2.13. The van der Waals surface area contributed by atoms with E-state index >= 15 is 0 Å². The van der Waals surface area contributed by atoms with Gasteiger partial charge < -0.3 is 22.9 Å². The zero-order valence-electron chi connectivity index (χ0n) is 11.9. The third-order valence-electron chi connectivity index (χ3n) is 3.20. The van der Waals surface area contributed by atoms with Gasteiger partial charge in [-0.05, 0) is 35.4 Å². The summed E-state index contributed by atoms with van der Waals surface area (Å²) in [6.07, 6.45) is 3.75. The predicted octanol–water partition coefficient (Wildman–Crippen LogP) is 1.59. The topological polar surface area (TPSA) is 152 Å². The van der Waals surface area contributed by atoms with E-state index in [1.54, 1.807) is 24.3 Å². The molecule has 0 aliphatic rings. The molecule has 112 valence electrons. The monoisotopic (exact) mass is 294 g/mol. The highest BCUT2D eigenvalue weighted by Gasteiger charge is 2.03. The average Bonchev–Trinajstić information content (AvgIpc) is 2.44. The highest BCUT2D eigenvalue weighted by atomic mass is 14.7. The Morgan fingerprint density at radius 2 is 1.09 bits per heavy atom. The molecule has 2 aromatic rings. The lowest BCUT2D eigenvalue weighted by Gasteiger charge is -2.05. The van der Waals surface area contributed by atoms with Gasteiger partial charge in [0.2, 0.25) is 0 Å². The minimum atomic E-state index is -0.0550. The molecule has 0 amide bonds. The Labute approximate surface area is 128 Å². The maximum Gasteiger partial charge on any atom is 0.124 e. The summed E-state index contributed by atoms with van der Waals surface area (Å²) in [5.41, 5.74) is 26.3. The lowest BCUT2D eigenvalue weighted by atomic mass is 10.1. The molecule has 6 nitrogen and oxygen atoms in total.